The zero-order valence-corrected chi connectivity index (χ0v) is 21.4. The number of halogens is 4. The summed E-state index contributed by atoms with van der Waals surface area (Å²) >= 11 is 0. The van der Waals surface area contributed by atoms with Crippen LogP contribution in [0.1, 0.15) is 24.0 Å². The Kier molecular flexibility index (Phi) is 9.24. The van der Waals surface area contributed by atoms with E-state index in [0.29, 0.717) is 29.8 Å². The van der Waals surface area contributed by atoms with Crippen molar-refractivity contribution in [3.8, 4) is 5.75 Å². The first kappa shape index (κ1) is 29.2. The van der Waals surface area contributed by atoms with Gasteiger partial charge in [-0.15, -0.1) is 12.4 Å². The molecular weight excluding hydrogens is 525 g/mol. The molecule has 2 N–H and O–H groups in total. The number of carbonyl (C=O) groups excluding carboxylic acids is 1. The van der Waals surface area contributed by atoms with Gasteiger partial charge in [-0.2, -0.15) is 8.78 Å². The van der Waals surface area contributed by atoms with Crippen LogP contribution in [0.4, 0.5) is 18.9 Å². The number of ether oxygens (including phenoxy) is 2. The Labute approximate surface area is 224 Å². The highest BCUT2D eigenvalue weighted by Gasteiger charge is 2.47. The second-order valence-corrected chi connectivity index (χ2v) is 8.77. The normalized spacial score (nSPS) is 18.7. The van der Waals surface area contributed by atoms with Gasteiger partial charge in [-0.05, 0) is 35.7 Å². The number of hydrogen-bond acceptors (Lipinski definition) is 5. The molecule has 0 saturated heterocycles. The van der Waals surface area contributed by atoms with Gasteiger partial charge in [0.1, 0.15) is 5.75 Å². The molecule has 204 valence electrons. The van der Waals surface area contributed by atoms with Crippen LogP contribution in [0.25, 0.3) is 5.57 Å². The van der Waals surface area contributed by atoms with Crippen molar-refractivity contribution in [1.82, 2.24) is 5.32 Å². The maximum atomic E-state index is 15.6. The smallest absolute Gasteiger partial charge is 0.423 e. The number of methoxy groups -OCH3 is 1. The molecule has 2 aliphatic rings. The lowest BCUT2D eigenvalue weighted by atomic mass is 9.88. The third-order valence-electron chi connectivity index (χ3n) is 6.34. The number of aliphatic carboxylic acids is 1. The van der Waals surface area contributed by atoms with Crippen LogP contribution in [-0.4, -0.2) is 55.7 Å². The molecule has 38 heavy (non-hydrogen) atoms. The van der Waals surface area contributed by atoms with Gasteiger partial charge < -0.3 is 24.8 Å². The van der Waals surface area contributed by atoms with Gasteiger partial charge in [0.05, 0.1) is 13.0 Å². The van der Waals surface area contributed by atoms with Gasteiger partial charge in [-0.1, -0.05) is 42.5 Å². The summed E-state index contributed by atoms with van der Waals surface area (Å²) in [4.78, 5) is 24.6. The van der Waals surface area contributed by atoms with Crippen molar-refractivity contribution >= 4 is 35.5 Å². The summed E-state index contributed by atoms with van der Waals surface area (Å²) in [7, 11) is 1.13. The number of alkyl halides is 3. The van der Waals surface area contributed by atoms with E-state index in [1.165, 1.54) is 29.2 Å². The highest BCUT2D eigenvalue weighted by molar-refractivity contribution is 5.97. The van der Waals surface area contributed by atoms with Gasteiger partial charge in [-0.25, -0.2) is 4.39 Å². The molecule has 0 aromatic heterocycles. The lowest BCUT2D eigenvalue weighted by Gasteiger charge is -2.33. The number of amides is 1. The summed E-state index contributed by atoms with van der Waals surface area (Å²) < 4.78 is 55.9. The molecule has 0 fully saturated rings. The second kappa shape index (κ2) is 12.0. The van der Waals surface area contributed by atoms with Crippen molar-refractivity contribution in [2.24, 2.45) is 0 Å². The van der Waals surface area contributed by atoms with E-state index in [2.05, 4.69) is 5.32 Å². The number of carboxylic acids is 1. The summed E-state index contributed by atoms with van der Waals surface area (Å²) in [6.07, 6.45) is -1.73. The fourth-order valence-electron chi connectivity index (χ4n) is 4.42. The van der Waals surface area contributed by atoms with E-state index >= 15 is 13.2 Å². The fraction of sp³-hybridized carbons (Fsp3) is 0.333. The summed E-state index contributed by atoms with van der Waals surface area (Å²) in [5.41, 5.74) is 1.35. The van der Waals surface area contributed by atoms with Crippen molar-refractivity contribution in [2.45, 2.75) is 31.2 Å². The Balaban J connectivity index is 0.00000400. The Hall–Kier alpha value is -3.34. The third kappa shape index (κ3) is 6.38. The number of nitrogens with one attached hydrogen (secondary N) is 1. The number of nitrogens with zero attached hydrogens (tertiary/aromatic N) is 1. The summed E-state index contributed by atoms with van der Waals surface area (Å²) in [6.45, 7) is 0.482. The Morgan fingerprint density at radius 1 is 1.16 bits per heavy atom. The Morgan fingerprint density at radius 3 is 2.58 bits per heavy atom. The molecule has 2 aromatic carbocycles. The molecule has 7 nitrogen and oxygen atoms in total. The summed E-state index contributed by atoms with van der Waals surface area (Å²) in [5, 5.41) is 11.5. The first-order valence-electron chi connectivity index (χ1n) is 11.8. The second-order valence-electron chi connectivity index (χ2n) is 8.77. The van der Waals surface area contributed by atoms with E-state index in [4.69, 9.17) is 14.6 Å². The number of allylic oxidation sites excluding steroid dienone is 2. The van der Waals surface area contributed by atoms with Gasteiger partial charge in [0, 0.05) is 43.5 Å². The van der Waals surface area contributed by atoms with Crippen LogP contribution in [0.15, 0.2) is 66.3 Å². The van der Waals surface area contributed by atoms with Crippen LogP contribution in [-0.2, 0) is 20.7 Å². The average Bonchev–Trinajstić information content (AvgIpc) is 3.30. The molecule has 1 unspecified atom stereocenters. The van der Waals surface area contributed by atoms with E-state index in [1.54, 1.807) is 30.3 Å². The minimum absolute atomic E-state index is 0. The minimum atomic E-state index is -3.80. The third-order valence-corrected chi connectivity index (χ3v) is 6.34. The first-order valence-corrected chi connectivity index (χ1v) is 11.8. The van der Waals surface area contributed by atoms with Crippen molar-refractivity contribution in [2.75, 3.05) is 31.6 Å². The number of fused-ring (bicyclic) bond motifs is 1. The SMILES string of the molecule is COC1(F)CC(C(F)(F)Oc2ccc3c(c2)CCN3C(=O)CNCCC(=O)O)=CC=C1c1ccccc1.Cl. The molecule has 0 saturated carbocycles. The monoisotopic (exact) mass is 552 g/mol. The molecule has 0 bridgehead atoms. The zero-order valence-electron chi connectivity index (χ0n) is 20.6. The van der Waals surface area contributed by atoms with Crippen molar-refractivity contribution in [1.29, 1.82) is 0 Å². The van der Waals surface area contributed by atoms with Gasteiger partial charge in [0.15, 0.2) is 0 Å². The molecular formula is C27H28ClF3N2O5. The molecule has 1 heterocycles. The van der Waals surface area contributed by atoms with Crippen molar-refractivity contribution < 1.29 is 37.3 Å². The number of carbonyl (C=O) groups is 2. The number of anilines is 1. The standard InChI is InChI=1S/C27H27F3N2O5.ClH/c1-36-26(28)16-20(7-9-22(26)18-5-3-2-4-6-18)27(29,30)37-21-8-10-23-19(15-21)12-14-32(23)24(33)17-31-13-11-25(34)35;/h2-10,15,31H,11-14,16-17H2,1H3,(H,34,35);1H. The molecule has 0 radical (unpaired) electrons. The van der Waals surface area contributed by atoms with Crippen LogP contribution >= 0.6 is 12.4 Å². The number of rotatable bonds is 10. The first-order chi connectivity index (χ1) is 17.6. The largest absolute Gasteiger partial charge is 0.481 e. The van der Waals surface area contributed by atoms with Crippen LogP contribution in [0, 0.1) is 0 Å². The van der Waals surface area contributed by atoms with Gasteiger partial charge >= 0.3 is 12.1 Å². The molecule has 0 spiro atoms. The maximum absolute atomic E-state index is 15.6. The maximum Gasteiger partial charge on any atom is 0.423 e. The summed E-state index contributed by atoms with van der Waals surface area (Å²) in [6, 6.07) is 12.9. The van der Waals surface area contributed by atoms with Crippen molar-refractivity contribution in [3.63, 3.8) is 0 Å². The molecule has 11 heteroatoms. The highest BCUT2D eigenvalue weighted by Crippen LogP contribution is 2.45. The van der Waals surface area contributed by atoms with Crippen LogP contribution in [0.2, 0.25) is 0 Å². The van der Waals surface area contributed by atoms with Gasteiger partial charge in [-0.3, -0.25) is 9.59 Å². The zero-order chi connectivity index (χ0) is 26.6. The number of hydrogen-bond donors (Lipinski definition) is 2. The molecule has 1 aliphatic carbocycles. The van der Waals surface area contributed by atoms with Crippen LogP contribution < -0.4 is 15.0 Å². The minimum Gasteiger partial charge on any atom is -0.481 e. The molecule has 2 aromatic rings. The Bertz CT molecular complexity index is 1240. The van der Waals surface area contributed by atoms with E-state index in [9.17, 15) is 9.59 Å². The van der Waals surface area contributed by atoms with E-state index in [0.717, 1.165) is 13.2 Å². The van der Waals surface area contributed by atoms with E-state index < -0.39 is 29.9 Å². The lowest BCUT2D eigenvalue weighted by Crippen LogP contribution is -2.37. The highest BCUT2D eigenvalue weighted by atomic mass is 35.5. The van der Waals surface area contributed by atoms with Gasteiger partial charge in [0.2, 0.25) is 11.8 Å². The molecule has 1 aliphatic heterocycles. The van der Waals surface area contributed by atoms with Crippen LogP contribution in [0.5, 0.6) is 5.75 Å². The predicted octanol–water partition coefficient (Wildman–Crippen LogP) is 4.76. The molecule has 1 amide bonds. The van der Waals surface area contributed by atoms with E-state index in [-0.39, 0.29) is 49.1 Å². The Morgan fingerprint density at radius 2 is 1.89 bits per heavy atom. The van der Waals surface area contributed by atoms with Gasteiger partial charge in [0.25, 0.3) is 0 Å². The average molecular weight is 553 g/mol. The quantitative estimate of drug-likeness (QED) is 0.413. The fourth-order valence-corrected chi connectivity index (χ4v) is 4.42. The molecule has 4 rings (SSSR count). The number of carboxylic acid groups (broad SMARTS) is 1. The topological polar surface area (TPSA) is 88.1 Å². The van der Waals surface area contributed by atoms with Crippen molar-refractivity contribution in [3.05, 3.63) is 77.4 Å². The number of benzene rings is 2. The lowest BCUT2D eigenvalue weighted by molar-refractivity contribution is -0.156. The van der Waals surface area contributed by atoms with Crippen LogP contribution in [0.3, 0.4) is 0 Å². The van der Waals surface area contributed by atoms with E-state index in [1.807, 2.05) is 0 Å². The molecule has 1 atom stereocenters. The summed E-state index contributed by atoms with van der Waals surface area (Å²) in [5.74, 6) is -3.78. The predicted molar refractivity (Wildman–Crippen MR) is 138 cm³/mol.